The topological polar surface area (TPSA) is 91.5 Å². The van der Waals surface area contributed by atoms with E-state index < -0.39 is 11.5 Å². The Balaban J connectivity index is 2.09. The molecule has 0 aliphatic carbocycles. The summed E-state index contributed by atoms with van der Waals surface area (Å²) in [5, 5.41) is 23.3. The van der Waals surface area contributed by atoms with E-state index in [2.05, 4.69) is 27.0 Å². The number of aromatic nitrogens is 2. The monoisotopic (exact) mass is 560 g/mol. The molecule has 7 nitrogen and oxygen atoms in total. The molecule has 4 rings (SSSR count). The molecule has 0 saturated heterocycles. The zero-order valence-electron chi connectivity index (χ0n) is 21.3. The first-order valence-electron chi connectivity index (χ1n) is 11.8. The van der Waals surface area contributed by atoms with Gasteiger partial charge in [-0.1, -0.05) is 34.1 Å². The van der Waals surface area contributed by atoms with Gasteiger partial charge in [-0.2, -0.15) is 5.26 Å². The summed E-state index contributed by atoms with van der Waals surface area (Å²) in [4.78, 5) is 11.3. The first-order chi connectivity index (χ1) is 17.8. The number of rotatable bonds is 9. The van der Waals surface area contributed by atoms with Crippen molar-refractivity contribution in [3.63, 3.8) is 0 Å². The third kappa shape index (κ3) is 5.44. The molecule has 0 aliphatic heterocycles. The van der Waals surface area contributed by atoms with Crippen molar-refractivity contribution in [1.82, 2.24) is 14.9 Å². The van der Waals surface area contributed by atoms with E-state index in [0.29, 0.717) is 47.0 Å². The third-order valence-corrected chi connectivity index (χ3v) is 6.98. The van der Waals surface area contributed by atoms with Crippen LogP contribution >= 0.6 is 15.9 Å². The number of methoxy groups -OCH3 is 2. The normalized spacial score (nSPS) is 13.7. The predicted molar refractivity (Wildman–Crippen MR) is 147 cm³/mol. The highest BCUT2D eigenvalue weighted by atomic mass is 79.9. The molecule has 1 N–H and O–H groups in total. The van der Waals surface area contributed by atoms with Gasteiger partial charge in [-0.05, 0) is 68.5 Å². The SMILES string of the molecule is COc1ncccc1[C@H](c1cc2cc(Br)ccc2nc1OC)[C@@](O)(CCN(C)C)c1cccc(C#N)c1. The van der Waals surface area contributed by atoms with Crippen molar-refractivity contribution < 1.29 is 14.6 Å². The van der Waals surface area contributed by atoms with Crippen LogP contribution in [0.25, 0.3) is 10.9 Å². The number of hydrogen-bond acceptors (Lipinski definition) is 7. The van der Waals surface area contributed by atoms with Crippen molar-refractivity contribution in [2.45, 2.75) is 17.9 Å². The smallest absolute Gasteiger partial charge is 0.217 e. The van der Waals surface area contributed by atoms with Gasteiger partial charge in [0.1, 0.15) is 5.60 Å². The van der Waals surface area contributed by atoms with Gasteiger partial charge >= 0.3 is 0 Å². The van der Waals surface area contributed by atoms with Crippen molar-refractivity contribution in [3.8, 4) is 17.8 Å². The summed E-state index contributed by atoms with van der Waals surface area (Å²) in [6, 6.07) is 20.9. The van der Waals surface area contributed by atoms with Gasteiger partial charge in [-0.3, -0.25) is 0 Å². The number of pyridine rings is 2. The van der Waals surface area contributed by atoms with Crippen LogP contribution in [0.1, 0.15) is 34.6 Å². The third-order valence-electron chi connectivity index (χ3n) is 6.49. The largest absolute Gasteiger partial charge is 0.481 e. The summed E-state index contributed by atoms with van der Waals surface area (Å²) in [5.74, 6) is 0.102. The zero-order chi connectivity index (χ0) is 26.6. The Labute approximate surface area is 225 Å². The molecule has 2 aromatic carbocycles. The molecule has 0 fully saturated rings. The van der Waals surface area contributed by atoms with E-state index >= 15 is 0 Å². The first kappa shape index (κ1) is 26.6. The van der Waals surface area contributed by atoms with Crippen LogP contribution in [0.2, 0.25) is 0 Å². The maximum atomic E-state index is 12.8. The molecule has 8 heteroatoms. The van der Waals surface area contributed by atoms with Crippen LogP contribution in [-0.4, -0.2) is 54.8 Å². The lowest BCUT2D eigenvalue weighted by atomic mass is 9.71. The molecular weight excluding hydrogens is 532 g/mol. The van der Waals surface area contributed by atoms with Gasteiger partial charge in [-0.25, -0.2) is 9.97 Å². The van der Waals surface area contributed by atoms with Crippen molar-refractivity contribution in [2.24, 2.45) is 0 Å². The standard InChI is InChI=1S/C29H29BrN4O3/c1-34(2)14-12-29(35,21-8-5-7-19(15-21)18-31)26(23-9-6-13-32-27(23)36-3)24-17-20-16-22(30)10-11-25(20)33-28(24)37-4/h5-11,13,15-17,26,35H,12,14H2,1-4H3/t26-,29-/m1/s1. The molecule has 0 saturated carbocycles. The van der Waals surface area contributed by atoms with Crippen LogP contribution in [0.4, 0.5) is 0 Å². The first-order valence-corrected chi connectivity index (χ1v) is 12.6. The lowest BCUT2D eigenvalue weighted by molar-refractivity contribution is 0.00305. The minimum Gasteiger partial charge on any atom is -0.481 e. The van der Waals surface area contributed by atoms with Crippen LogP contribution in [0.3, 0.4) is 0 Å². The average Bonchev–Trinajstić information content (AvgIpc) is 2.91. The van der Waals surface area contributed by atoms with E-state index in [1.807, 2.05) is 61.5 Å². The Hall–Kier alpha value is -3.51. The summed E-state index contributed by atoms with van der Waals surface area (Å²) in [6.45, 7) is 0.585. The van der Waals surface area contributed by atoms with Gasteiger partial charge in [0.2, 0.25) is 11.8 Å². The number of fused-ring (bicyclic) bond motifs is 1. The highest BCUT2D eigenvalue weighted by Crippen LogP contribution is 2.49. The second-order valence-corrected chi connectivity index (χ2v) is 10.0. The minimum absolute atomic E-state index is 0.358. The fraction of sp³-hybridized carbons (Fsp3) is 0.276. The van der Waals surface area contributed by atoms with Gasteiger partial charge in [0.25, 0.3) is 0 Å². The molecule has 0 radical (unpaired) electrons. The Kier molecular flexibility index (Phi) is 8.08. The number of nitrogens with zero attached hydrogens (tertiary/aromatic N) is 4. The van der Waals surface area contributed by atoms with E-state index in [4.69, 9.17) is 14.5 Å². The number of aliphatic hydroxyl groups is 1. The van der Waals surface area contributed by atoms with Crippen molar-refractivity contribution in [2.75, 3.05) is 34.9 Å². The van der Waals surface area contributed by atoms with Gasteiger partial charge in [-0.15, -0.1) is 0 Å². The van der Waals surface area contributed by atoms with E-state index in [1.165, 1.54) is 0 Å². The highest BCUT2D eigenvalue weighted by molar-refractivity contribution is 9.10. The van der Waals surface area contributed by atoms with Crippen molar-refractivity contribution >= 4 is 26.8 Å². The maximum absolute atomic E-state index is 12.8. The van der Waals surface area contributed by atoms with Gasteiger partial charge in [0, 0.05) is 33.7 Å². The average molecular weight is 561 g/mol. The number of benzene rings is 2. The van der Waals surface area contributed by atoms with Gasteiger partial charge in [0.05, 0.1) is 37.3 Å². The number of halogens is 1. The highest BCUT2D eigenvalue weighted by Gasteiger charge is 2.44. The van der Waals surface area contributed by atoms with Gasteiger partial charge in [0.15, 0.2) is 0 Å². The summed E-state index contributed by atoms with van der Waals surface area (Å²) in [7, 11) is 7.05. The van der Waals surface area contributed by atoms with E-state index in [-0.39, 0.29) is 0 Å². The quantitative estimate of drug-likeness (QED) is 0.298. The summed E-state index contributed by atoms with van der Waals surface area (Å²) < 4.78 is 12.4. The summed E-state index contributed by atoms with van der Waals surface area (Å²) in [5.41, 5.74) is 1.74. The number of ether oxygens (including phenoxy) is 2. The Bertz CT molecular complexity index is 1450. The molecule has 0 spiro atoms. The molecule has 37 heavy (non-hydrogen) atoms. The summed E-state index contributed by atoms with van der Waals surface area (Å²) in [6.07, 6.45) is 2.01. The minimum atomic E-state index is -1.47. The second-order valence-electron chi connectivity index (χ2n) is 9.13. The lowest BCUT2D eigenvalue weighted by Gasteiger charge is -2.39. The van der Waals surface area contributed by atoms with Crippen molar-refractivity contribution in [3.05, 3.63) is 93.6 Å². The molecule has 2 heterocycles. The predicted octanol–water partition coefficient (Wildman–Crippen LogP) is 5.25. The molecule has 0 aliphatic rings. The van der Waals surface area contributed by atoms with Crippen LogP contribution in [-0.2, 0) is 5.60 Å². The molecule has 0 bridgehead atoms. The number of nitriles is 1. The number of hydrogen-bond donors (Lipinski definition) is 1. The van der Waals surface area contributed by atoms with Crippen LogP contribution < -0.4 is 9.47 Å². The molecular formula is C29H29BrN4O3. The van der Waals surface area contributed by atoms with E-state index in [0.717, 1.165) is 15.4 Å². The molecule has 190 valence electrons. The van der Waals surface area contributed by atoms with Crippen LogP contribution in [0, 0.1) is 11.3 Å². The van der Waals surface area contributed by atoms with Crippen molar-refractivity contribution in [1.29, 1.82) is 5.26 Å². The van der Waals surface area contributed by atoms with E-state index in [1.54, 1.807) is 38.6 Å². The van der Waals surface area contributed by atoms with E-state index in [9.17, 15) is 10.4 Å². The molecule has 2 aromatic heterocycles. The lowest BCUT2D eigenvalue weighted by Crippen LogP contribution is -2.38. The molecule has 0 amide bonds. The second kappa shape index (κ2) is 11.3. The van der Waals surface area contributed by atoms with Crippen LogP contribution in [0.15, 0.2) is 71.3 Å². The fourth-order valence-corrected chi connectivity index (χ4v) is 5.08. The maximum Gasteiger partial charge on any atom is 0.217 e. The van der Waals surface area contributed by atoms with Gasteiger partial charge < -0.3 is 19.5 Å². The molecule has 2 atom stereocenters. The Morgan fingerprint density at radius 2 is 1.81 bits per heavy atom. The molecule has 4 aromatic rings. The fourth-order valence-electron chi connectivity index (χ4n) is 4.70. The Morgan fingerprint density at radius 1 is 1.03 bits per heavy atom. The Morgan fingerprint density at radius 3 is 2.51 bits per heavy atom. The summed E-state index contributed by atoms with van der Waals surface area (Å²) >= 11 is 3.56. The molecule has 0 unspecified atom stereocenters. The van der Waals surface area contributed by atoms with Crippen LogP contribution in [0.5, 0.6) is 11.8 Å². The zero-order valence-corrected chi connectivity index (χ0v) is 22.9.